The van der Waals surface area contributed by atoms with Gasteiger partial charge in [0.1, 0.15) is 11.8 Å². The highest BCUT2D eigenvalue weighted by atomic mass is 32.2. The number of benzene rings is 1. The van der Waals surface area contributed by atoms with Crippen LogP contribution in [0.25, 0.3) is 0 Å². The maximum absolute atomic E-state index is 11.9. The van der Waals surface area contributed by atoms with Crippen LogP contribution in [0.1, 0.15) is 18.9 Å². The summed E-state index contributed by atoms with van der Waals surface area (Å²) in [5.74, 6) is -1.30. The molecule has 21 heavy (non-hydrogen) atoms. The molecule has 0 aliphatic rings. The molecule has 0 radical (unpaired) electrons. The van der Waals surface area contributed by atoms with Crippen molar-refractivity contribution in [2.75, 3.05) is 0 Å². The van der Waals surface area contributed by atoms with Gasteiger partial charge in [-0.25, -0.2) is 8.42 Å². The van der Waals surface area contributed by atoms with Crippen molar-refractivity contribution in [1.82, 2.24) is 4.72 Å². The minimum absolute atomic E-state index is 0.0294. The fourth-order valence-corrected chi connectivity index (χ4v) is 3.03. The molecule has 3 N–H and O–H groups in total. The molecular formula is C13H16N2O5S. The maximum Gasteiger partial charge on any atom is 0.322 e. The minimum atomic E-state index is -4.04. The third-order valence-corrected chi connectivity index (χ3v) is 4.67. The average molecular weight is 312 g/mol. The Morgan fingerprint density at radius 2 is 1.95 bits per heavy atom. The number of hydrogen-bond acceptors (Lipinski definition) is 5. The van der Waals surface area contributed by atoms with Crippen molar-refractivity contribution in [2.45, 2.75) is 31.1 Å². The molecule has 1 rings (SSSR count). The Balaban J connectivity index is 2.91. The molecule has 114 valence electrons. The zero-order valence-corrected chi connectivity index (χ0v) is 12.2. The first-order valence-corrected chi connectivity index (χ1v) is 7.76. The monoisotopic (exact) mass is 312 g/mol. The van der Waals surface area contributed by atoms with E-state index in [1.165, 1.54) is 31.2 Å². The van der Waals surface area contributed by atoms with Crippen molar-refractivity contribution in [3.8, 4) is 11.8 Å². The Morgan fingerprint density at radius 1 is 1.38 bits per heavy atom. The molecule has 7 nitrogen and oxygen atoms in total. The van der Waals surface area contributed by atoms with E-state index in [4.69, 9.17) is 15.5 Å². The molecule has 8 heteroatoms. The Hall–Kier alpha value is -2.11. The lowest BCUT2D eigenvalue weighted by Crippen LogP contribution is -2.45. The number of aromatic hydroxyl groups is 1. The van der Waals surface area contributed by atoms with Crippen molar-refractivity contribution < 1.29 is 23.4 Å². The number of rotatable bonds is 7. The van der Waals surface area contributed by atoms with E-state index < -0.39 is 27.3 Å². The fraction of sp³-hybridized carbons (Fsp3) is 0.385. The van der Waals surface area contributed by atoms with Crippen LogP contribution in [0, 0.1) is 11.3 Å². The third kappa shape index (κ3) is 4.73. The van der Waals surface area contributed by atoms with Gasteiger partial charge in [-0.1, -0.05) is 19.1 Å². The highest BCUT2D eigenvalue weighted by molar-refractivity contribution is 7.90. The highest BCUT2D eigenvalue weighted by Gasteiger charge is 2.30. The molecule has 1 aromatic carbocycles. The minimum Gasteiger partial charge on any atom is -0.508 e. The smallest absolute Gasteiger partial charge is 0.322 e. The molecule has 0 aliphatic heterocycles. The number of carboxylic acid groups (broad SMARTS) is 1. The topological polar surface area (TPSA) is 127 Å². The van der Waals surface area contributed by atoms with Crippen LogP contribution in [0.3, 0.4) is 0 Å². The van der Waals surface area contributed by atoms with Gasteiger partial charge in [-0.05, 0) is 30.5 Å². The van der Waals surface area contributed by atoms with Crippen molar-refractivity contribution >= 4 is 16.0 Å². The van der Waals surface area contributed by atoms with Gasteiger partial charge < -0.3 is 10.2 Å². The lowest BCUT2D eigenvalue weighted by Gasteiger charge is -2.16. The molecule has 0 saturated carbocycles. The summed E-state index contributed by atoms with van der Waals surface area (Å²) >= 11 is 0. The second-order valence-corrected chi connectivity index (χ2v) is 6.35. The molecule has 0 heterocycles. The van der Waals surface area contributed by atoms with E-state index in [2.05, 4.69) is 0 Å². The standard InChI is InChI=1S/C13H16N2O5S/c1-2-11(8-14)21(19,20)15-12(13(17)18)7-9-3-5-10(16)6-4-9/h3-6,11-12,15-16H,2,7H2,1H3,(H,17,18)/t11?,12-/m0/s1. The summed E-state index contributed by atoms with van der Waals surface area (Å²) in [6.45, 7) is 1.53. The van der Waals surface area contributed by atoms with Crippen LogP contribution in [0.2, 0.25) is 0 Å². The fourth-order valence-electron chi connectivity index (χ4n) is 1.71. The van der Waals surface area contributed by atoms with E-state index in [-0.39, 0.29) is 18.6 Å². The summed E-state index contributed by atoms with van der Waals surface area (Å²) in [6, 6.07) is 6.02. The van der Waals surface area contributed by atoms with E-state index in [0.29, 0.717) is 5.56 Å². The molecule has 1 aromatic rings. The van der Waals surface area contributed by atoms with Gasteiger partial charge >= 0.3 is 5.97 Å². The van der Waals surface area contributed by atoms with E-state index >= 15 is 0 Å². The number of carbonyl (C=O) groups is 1. The largest absolute Gasteiger partial charge is 0.508 e. The predicted octanol–water partition coefficient (Wildman–Crippen LogP) is 0.609. The summed E-state index contributed by atoms with van der Waals surface area (Å²) < 4.78 is 25.9. The lowest BCUT2D eigenvalue weighted by atomic mass is 10.1. The van der Waals surface area contributed by atoms with E-state index in [9.17, 15) is 13.2 Å². The van der Waals surface area contributed by atoms with Gasteiger partial charge in [0, 0.05) is 0 Å². The number of nitriles is 1. The predicted molar refractivity (Wildman–Crippen MR) is 75.0 cm³/mol. The molecule has 0 fully saturated rings. The number of nitrogens with one attached hydrogen (secondary N) is 1. The summed E-state index contributed by atoms with van der Waals surface area (Å²) in [6.07, 6.45) is -0.0198. The number of aliphatic carboxylic acids is 1. The molecule has 0 aliphatic carbocycles. The van der Waals surface area contributed by atoms with Gasteiger partial charge in [-0.3, -0.25) is 4.79 Å². The normalized spacial score (nSPS) is 14.1. The van der Waals surface area contributed by atoms with E-state index in [1.54, 1.807) is 6.07 Å². The summed E-state index contributed by atoms with van der Waals surface area (Å²) in [7, 11) is -4.04. The van der Waals surface area contributed by atoms with E-state index in [0.717, 1.165) is 0 Å². The highest BCUT2D eigenvalue weighted by Crippen LogP contribution is 2.13. The molecule has 0 aromatic heterocycles. The molecule has 0 spiro atoms. The third-order valence-electron chi connectivity index (χ3n) is 2.87. The Kier molecular flexibility index (Phi) is 5.69. The van der Waals surface area contributed by atoms with Gasteiger partial charge in [0.25, 0.3) is 0 Å². The molecule has 0 amide bonds. The van der Waals surface area contributed by atoms with Gasteiger partial charge in [0.2, 0.25) is 10.0 Å². The molecule has 0 saturated heterocycles. The molecule has 1 unspecified atom stereocenters. The quantitative estimate of drug-likeness (QED) is 0.677. The summed E-state index contributed by atoms with van der Waals surface area (Å²) in [5.41, 5.74) is 0.549. The van der Waals surface area contributed by atoms with Crippen LogP contribution in [0.15, 0.2) is 24.3 Å². The first-order valence-electron chi connectivity index (χ1n) is 6.21. The Bertz CT molecular complexity index is 634. The van der Waals surface area contributed by atoms with Gasteiger partial charge in [-0.2, -0.15) is 9.98 Å². The summed E-state index contributed by atoms with van der Waals surface area (Å²) in [4.78, 5) is 11.2. The number of phenolic OH excluding ortho intramolecular Hbond substituents is 1. The number of carboxylic acids is 1. The van der Waals surface area contributed by atoms with E-state index in [1.807, 2.05) is 4.72 Å². The van der Waals surface area contributed by atoms with Crippen LogP contribution < -0.4 is 4.72 Å². The number of nitrogens with zero attached hydrogens (tertiary/aromatic N) is 1. The van der Waals surface area contributed by atoms with Crippen molar-refractivity contribution in [2.24, 2.45) is 0 Å². The maximum atomic E-state index is 11.9. The van der Waals surface area contributed by atoms with Crippen LogP contribution in [-0.4, -0.2) is 35.9 Å². The van der Waals surface area contributed by atoms with Crippen molar-refractivity contribution in [1.29, 1.82) is 5.26 Å². The molecule has 2 atom stereocenters. The zero-order valence-electron chi connectivity index (χ0n) is 11.4. The molecule has 0 bridgehead atoms. The second kappa shape index (κ2) is 7.06. The van der Waals surface area contributed by atoms with Crippen LogP contribution in [-0.2, 0) is 21.2 Å². The van der Waals surface area contributed by atoms with Crippen molar-refractivity contribution in [3.63, 3.8) is 0 Å². The average Bonchev–Trinajstić information content (AvgIpc) is 2.41. The first-order chi connectivity index (χ1) is 9.80. The molecular weight excluding hydrogens is 296 g/mol. The van der Waals surface area contributed by atoms with Gasteiger partial charge in [-0.15, -0.1) is 0 Å². The number of sulfonamides is 1. The number of hydrogen-bond donors (Lipinski definition) is 3. The SMILES string of the molecule is CCC(C#N)S(=O)(=O)N[C@@H](Cc1ccc(O)cc1)C(=O)O. The lowest BCUT2D eigenvalue weighted by molar-refractivity contribution is -0.138. The first kappa shape index (κ1) is 16.9. The zero-order chi connectivity index (χ0) is 16.0. The van der Waals surface area contributed by atoms with Crippen LogP contribution in [0.5, 0.6) is 5.75 Å². The van der Waals surface area contributed by atoms with Crippen LogP contribution in [0.4, 0.5) is 0 Å². The Morgan fingerprint density at radius 3 is 2.38 bits per heavy atom. The Labute approximate surface area is 122 Å². The van der Waals surface area contributed by atoms with Gasteiger partial charge in [0.15, 0.2) is 5.25 Å². The van der Waals surface area contributed by atoms with Crippen molar-refractivity contribution in [3.05, 3.63) is 29.8 Å². The van der Waals surface area contributed by atoms with Crippen LogP contribution >= 0.6 is 0 Å². The van der Waals surface area contributed by atoms with Gasteiger partial charge in [0.05, 0.1) is 6.07 Å². The number of phenols is 1. The summed E-state index contributed by atoms with van der Waals surface area (Å²) in [5, 5.41) is 25.8. The second-order valence-electron chi connectivity index (χ2n) is 4.45.